The minimum Gasteiger partial charge on any atom is -0.462 e. The van der Waals surface area contributed by atoms with Gasteiger partial charge in [0.15, 0.2) is 0 Å². The normalized spacial score (nSPS) is 25.9. The van der Waals surface area contributed by atoms with Crippen LogP contribution in [0.25, 0.3) is 0 Å². The molecule has 2 rings (SSSR count). The standard InChI is InChI=1S/C13H13Cl3O2/c1-6-7(2)10(6)5-18-13(17)9-3-8(14)4-11(15)12(9)16/h3-4,6-7,10H,5H2,1-2H3. The van der Waals surface area contributed by atoms with Crippen molar-refractivity contribution >= 4 is 40.8 Å². The van der Waals surface area contributed by atoms with Gasteiger partial charge in [0.05, 0.1) is 22.2 Å². The molecule has 0 aliphatic heterocycles. The lowest BCUT2D eigenvalue weighted by atomic mass is 10.2. The molecule has 2 unspecified atom stereocenters. The van der Waals surface area contributed by atoms with Gasteiger partial charge in [0.2, 0.25) is 0 Å². The lowest BCUT2D eigenvalue weighted by Crippen LogP contribution is -2.09. The minimum absolute atomic E-state index is 0.183. The Morgan fingerprint density at radius 2 is 1.83 bits per heavy atom. The zero-order valence-corrected chi connectivity index (χ0v) is 12.3. The molecule has 2 atom stereocenters. The Balaban J connectivity index is 2.05. The molecule has 0 saturated heterocycles. The molecule has 1 aromatic rings. The summed E-state index contributed by atoms with van der Waals surface area (Å²) in [6.45, 7) is 4.71. The SMILES string of the molecule is CC1C(C)C1COC(=O)c1cc(Cl)cc(Cl)c1Cl. The Labute approximate surface area is 121 Å². The van der Waals surface area contributed by atoms with Crippen molar-refractivity contribution in [3.8, 4) is 0 Å². The Morgan fingerprint density at radius 3 is 2.39 bits per heavy atom. The van der Waals surface area contributed by atoms with Crippen LogP contribution < -0.4 is 0 Å². The molecule has 0 spiro atoms. The average molecular weight is 308 g/mol. The van der Waals surface area contributed by atoms with E-state index in [1.54, 1.807) is 0 Å². The van der Waals surface area contributed by atoms with E-state index in [0.717, 1.165) is 0 Å². The monoisotopic (exact) mass is 306 g/mol. The molecule has 1 aliphatic rings. The maximum absolute atomic E-state index is 11.9. The van der Waals surface area contributed by atoms with E-state index in [4.69, 9.17) is 39.5 Å². The van der Waals surface area contributed by atoms with Gasteiger partial charge in [0.1, 0.15) is 0 Å². The van der Waals surface area contributed by atoms with Crippen LogP contribution in [0.2, 0.25) is 15.1 Å². The summed E-state index contributed by atoms with van der Waals surface area (Å²) in [6, 6.07) is 2.96. The topological polar surface area (TPSA) is 26.3 Å². The fraction of sp³-hybridized carbons (Fsp3) is 0.462. The number of esters is 1. The molecule has 98 valence electrons. The summed E-state index contributed by atoms with van der Waals surface area (Å²) in [5, 5.41) is 0.803. The lowest BCUT2D eigenvalue weighted by molar-refractivity contribution is 0.0477. The van der Waals surface area contributed by atoms with Crippen LogP contribution in [0, 0.1) is 17.8 Å². The summed E-state index contributed by atoms with van der Waals surface area (Å²) < 4.78 is 5.24. The number of hydrogen-bond donors (Lipinski definition) is 0. The van der Waals surface area contributed by atoms with Gasteiger partial charge in [-0.15, -0.1) is 0 Å². The van der Waals surface area contributed by atoms with Crippen molar-refractivity contribution < 1.29 is 9.53 Å². The predicted molar refractivity (Wildman–Crippen MR) is 73.6 cm³/mol. The molecule has 1 saturated carbocycles. The molecule has 1 fully saturated rings. The third kappa shape index (κ3) is 2.76. The second-order valence-corrected chi connectivity index (χ2v) is 5.95. The number of benzene rings is 1. The fourth-order valence-corrected chi connectivity index (χ4v) is 2.70. The van der Waals surface area contributed by atoms with Crippen molar-refractivity contribution in [1.82, 2.24) is 0 Å². The van der Waals surface area contributed by atoms with E-state index in [1.165, 1.54) is 12.1 Å². The molecule has 1 aromatic carbocycles. The Bertz CT molecular complexity index is 479. The van der Waals surface area contributed by atoms with E-state index in [-0.39, 0.29) is 15.6 Å². The highest BCUT2D eigenvalue weighted by Gasteiger charge is 2.43. The van der Waals surface area contributed by atoms with Crippen molar-refractivity contribution in [2.45, 2.75) is 13.8 Å². The Morgan fingerprint density at radius 1 is 1.22 bits per heavy atom. The van der Waals surface area contributed by atoms with Crippen molar-refractivity contribution in [3.05, 3.63) is 32.8 Å². The van der Waals surface area contributed by atoms with Crippen molar-refractivity contribution in [2.75, 3.05) is 6.61 Å². The van der Waals surface area contributed by atoms with E-state index in [1.807, 2.05) is 0 Å². The van der Waals surface area contributed by atoms with Gasteiger partial charge in [-0.1, -0.05) is 48.7 Å². The van der Waals surface area contributed by atoms with Gasteiger partial charge < -0.3 is 4.74 Å². The van der Waals surface area contributed by atoms with Crippen LogP contribution in [0.15, 0.2) is 12.1 Å². The first kappa shape index (κ1) is 14.0. The molecular weight excluding hydrogens is 294 g/mol. The number of ether oxygens (including phenoxy) is 1. The zero-order valence-electron chi connectivity index (χ0n) is 10.0. The number of halogens is 3. The zero-order chi connectivity index (χ0) is 13.4. The Hall–Kier alpha value is -0.440. The maximum atomic E-state index is 11.9. The number of hydrogen-bond acceptors (Lipinski definition) is 2. The first-order valence-corrected chi connectivity index (χ1v) is 6.87. The quantitative estimate of drug-likeness (QED) is 0.597. The molecule has 0 bridgehead atoms. The van der Waals surface area contributed by atoms with Gasteiger partial charge in [-0.2, -0.15) is 0 Å². The van der Waals surface area contributed by atoms with Gasteiger partial charge >= 0.3 is 5.97 Å². The van der Waals surface area contributed by atoms with E-state index in [9.17, 15) is 4.79 Å². The van der Waals surface area contributed by atoms with E-state index >= 15 is 0 Å². The lowest BCUT2D eigenvalue weighted by Gasteiger charge is -2.07. The van der Waals surface area contributed by atoms with Crippen LogP contribution >= 0.6 is 34.8 Å². The highest BCUT2D eigenvalue weighted by Crippen LogP contribution is 2.45. The highest BCUT2D eigenvalue weighted by molar-refractivity contribution is 6.45. The molecule has 0 amide bonds. The first-order valence-electron chi connectivity index (χ1n) is 5.73. The highest BCUT2D eigenvalue weighted by atomic mass is 35.5. The third-order valence-corrected chi connectivity index (χ3v) is 4.68. The summed E-state index contributed by atoms with van der Waals surface area (Å²) >= 11 is 17.7. The summed E-state index contributed by atoms with van der Waals surface area (Å²) in [5.74, 6) is 1.19. The van der Waals surface area contributed by atoms with Crippen LogP contribution in [0.4, 0.5) is 0 Å². The summed E-state index contributed by atoms with van der Waals surface area (Å²) in [4.78, 5) is 11.9. The smallest absolute Gasteiger partial charge is 0.339 e. The minimum atomic E-state index is -0.476. The van der Waals surface area contributed by atoms with Gasteiger partial charge in [0.25, 0.3) is 0 Å². The molecule has 1 aliphatic carbocycles. The van der Waals surface area contributed by atoms with Crippen LogP contribution in [-0.2, 0) is 4.74 Å². The molecular formula is C13H13Cl3O2. The molecule has 0 heterocycles. The van der Waals surface area contributed by atoms with E-state index in [0.29, 0.717) is 29.4 Å². The second-order valence-electron chi connectivity index (χ2n) is 4.73. The summed E-state index contributed by atoms with van der Waals surface area (Å²) in [5.41, 5.74) is 0.218. The van der Waals surface area contributed by atoms with Crippen LogP contribution in [0.1, 0.15) is 24.2 Å². The van der Waals surface area contributed by atoms with Gasteiger partial charge in [-0.05, 0) is 29.9 Å². The molecule has 0 aromatic heterocycles. The number of rotatable bonds is 3. The molecule has 18 heavy (non-hydrogen) atoms. The largest absolute Gasteiger partial charge is 0.462 e. The Kier molecular flexibility index (Phi) is 4.10. The molecule has 0 radical (unpaired) electrons. The molecule has 5 heteroatoms. The molecule has 0 N–H and O–H groups in total. The van der Waals surface area contributed by atoms with Crippen molar-refractivity contribution in [3.63, 3.8) is 0 Å². The summed E-state index contributed by atoms with van der Waals surface area (Å²) in [7, 11) is 0. The second kappa shape index (κ2) is 5.28. The van der Waals surface area contributed by atoms with Gasteiger partial charge in [-0.25, -0.2) is 4.79 Å². The average Bonchev–Trinajstić information content (AvgIpc) is 2.88. The van der Waals surface area contributed by atoms with E-state index < -0.39 is 5.97 Å². The van der Waals surface area contributed by atoms with Crippen LogP contribution in [0.3, 0.4) is 0 Å². The maximum Gasteiger partial charge on any atom is 0.339 e. The summed E-state index contributed by atoms with van der Waals surface area (Å²) in [6.07, 6.45) is 0. The van der Waals surface area contributed by atoms with Crippen LogP contribution in [-0.4, -0.2) is 12.6 Å². The third-order valence-electron chi connectivity index (χ3n) is 3.66. The van der Waals surface area contributed by atoms with E-state index in [2.05, 4.69) is 13.8 Å². The fourth-order valence-electron chi connectivity index (χ4n) is 2.02. The first-order chi connectivity index (χ1) is 8.41. The van der Waals surface area contributed by atoms with Gasteiger partial charge in [-0.3, -0.25) is 0 Å². The van der Waals surface area contributed by atoms with Crippen LogP contribution in [0.5, 0.6) is 0 Å². The molecule has 2 nitrogen and oxygen atoms in total. The predicted octanol–water partition coefficient (Wildman–Crippen LogP) is 4.71. The van der Waals surface area contributed by atoms with Crippen molar-refractivity contribution in [1.29, 1.82) is 0 Å². The van der Waals surface area contributed by atoms with Crippen molar-refractivity contribution in [2.24, 2.45) is 17.8 Å². The number of carbonyl (C=O) groups is 1. The number of carbonyl (C=O) groups excluding carboxylic acids is 1. The van der Waals surface area contributed by atoms with Gasteiger partial charge in [0, 0.05) is 5.02 Å².